The maximum absolute atomic E-state index is 11.4. The Morgan fingerprint density at radius 2 is 1.65 bits per heavy atom. The van der Waals surface area contributed by atoms with Crippen molar-refractivity contribution in [2.24, 2.45) is 0 Å². The fourth-order valence-electron chi connectivity index (χ4n) is 0.855. The van der Waals surface area contributed by atoms with Crippen molar-refractivity contribution < 1.29 is 9.53 Å². The first-order chi connectivity index (χ1) is 7.69. The van der Waals surface area contributed by atoms with Crippen molar-refractivity contribution in [1.82, 2.24) is 9.97 Å². The minimum absolute atomic E-state index is 0.00434. The van der Waals surface area contributed by atoms with Gasteiger partial charge in [-0.05, 0) is 20.8 Å². The lowest BCUT2D eigenvalue weighted by molar-refractivity contribution is 0.0635. The number of aromatic nitrogens is 2. The molecule has 1 N–H and O–H groups in total. The van der Waals surface area contributed by atoms with E-state index in [4.69, 9.17) is 39.5 Å². The molecular weight excluding hydrogens is 288 g/mol. The highest BCUT2D eigenvalue weighted by Crippen LogP contribution is 2.25. The molecule has 0 saturated heterocycles. The molecule has 0 aliphatic heterocycles. The van der Waals surface area contributed by atoms with E-state index in [-0.39, 0.29) is 21.3 Å². The van der Waals surface area contributed by atoms with Gasteiger partial charge in [0.2, 0.25) is 0 Å². The Morgan fingerprint density at radius 1 is 1.12 bits per heavy atom. The summed E-state index contributed by atoms with van der Waals surface area (Å²) in [6.45, 7) is 5.19. The summed E-state index contributed by atoms with van der Waals surface area (Å²) in [5.41, 5.74) is -0.625. The number of nitrogens with zero attached hydrogens (tertiary/aromatic N) is 2. The van der Waals surface area contributed by atoms with Crippen LogP contribution < -0.4 is 5.32 Å². The Morgan fingerprint density at radius 3 is 2.18 bits per heavy atom. The normalized spacial score (nSPS) is 11.2. The Hall–Kier alpha value is -0.780. The molecule has 0 radical (unpaired) electrons. The number of anilines is 1. The van der Waals surface area contributed by atoms with Crippen LogP contribution in [0.4, 0.5) is 10.6 Å². The van der Waals surface area contributed by atoms with Gasteiger partial charge in [0.1, 0.15) is 5.60 Å². The van der Waals surface area contributed by atoms with E-state index in [1.807, 2.05) is 0 Å². The number of carbonyl (C=O) groups is 1. The first-order valence-corrected chi connectivity index (χ1v) is 5.71. The van der Waals surface area contributed by atoms with Crippen LogP contribution in [-0.2, 0) is 4.74 Å². The number of ether oxygens (including phenoxy) is 1. The van der Waals surface area contributed by atoms with Gasteiger partial charge in [-0.2, -0.15) is 0 Å². The molecule has 17 heavy (non-hydrogen) atoms. The fraction of sp³-hybridized carbons (Fsp3) is 0.444. The highest BCUT2D eigenvalue weighted by atomic mass is 35.5. The third-order valence-corrected chi connectivity index (χ3v) is 2.28. The maximum atomic E-state index is 11.4. The molecule has 0 unspecified atom stereocenters. The zero-order valence-electron chi connectivity index (χ0n) is 9.34. The fourth-order valence-corrected chi connectivity index (χ4v) is 1.33. The van der Waals surface area contributed by atoms with Crippen molar-refractivity contribution in [2.75, 3.05) is 5.32 Å². The Kier molecular flexibility index (Phi) is 4.41. The van der Waals surface area contributed by atoms with Crippen molar-refractivity contribution in [1.29, 1.82) is 0 Å². The molecule has 1 aromatic heterocycles. The lowest BCUT2D eigenvalue weighted by atomic mass is 10.2. The van der Waals surface area contributed by atoms with Crippen LogP contribution in [0, 0.1) is 0 Å². The van der Waals surface area contributed by atoms with E-state index < -0.39 is 11.7 Å². The van der Waals surface area contributed by atoms with Gasteiger partial charge < -0.3 is 4.74 Å². The van der Waals surface area contributed by atoms with Crippen molar-refractivity contribution in [3.63, 3.8) is 0 Å². The second-order valence-electron chi connectivity index (χ2n) is 4.07. The number of amides is 1. The lowest BCUT2D eigenvalue weighted by Gasteiger charge is -2.19. The smallest absolute Gasteiger partial charge is 0.413 e. The summed E-state index contributed by atoms with van der Waals surface area (Å²) in [6.07, 6.45) is -0.702. The number of rotatable bonds is 1. The van der Waals surface area contributed by atoms with Crippen LogP contribution in [0.15, 0.2) is 0 Å². The van der Waals surface area contributed by atoms with Crippen LogP contribution >= 0.6 is 34.8 Å². The summed E-state index contributed by atoms with van der Waals surface area (Å²) in [5.74, 6) is -0.00434. The molecule has 5 nitrogen and oxygen atoms in total. The van der Waals surface area contributed by atoms with E-state index in [1.165, 1.54) is 0 Å². The van der Waals surface area contributed by atoms with Crippen molar-refractivity contribution in [3.8, 4) is 0 Å². The molecule has 0 aliphatic carbocycles. The second kappa shape index (κ2) is 5.25. The van der Waals surface area contributed by atoms with Gasteiger partial charge in [-0.3, -0.25) is 5.32 Å². The third-order valence-electron chi connectivity index (χ3n) is 1.39. The van der Waals surface area contributed by atoms with Gasteiger partial charge in [-0.25, -0.2) is 14.8 Å². The van der Waals surface area contributed by atoms with Gasteiger partial charge in [0, 0.05) is 0 Å². The van der Waals surface area contributed by atoms with Crippen LogP contribution in [-0.4, -0.2) is 21.7 Å². The molecule has 0 fully saturated rings. The van der Waals surface area contributed by atoms with E-state index in [0.29, 0.717) is 0 Å². The van der Waals surface area contributed by atoms with Crippen LogP contribution in [0.1, 0.15) is 20.8 Å². The second-order valence-corrected chi connectivity index (χ2v) is 5.15. The first-order valence-electron chi connectivity index (χ1n) is 4.57. The van der Waals surface area contributed by atoms with Crippen molar-refractivity contribution in [3.05, 3.63) is 15.5 Å². The minimum Gasteiger partial charge on any atom is -0.444 e. The molecule has 0 spiro atoms. The molecule has 94 valence electrons. The molecule has 1 amide bonds. The Balaban J connectivity index is 2.82. The summed E-state index contributed by atoms with van der Waals surface area (Å²) >= 11 is 17.0. The first kappa shape index (κ1) is 14.3. The Labute approximate surface area is 113 Å². The SMILES string of the molecule is CC(C)(C)OC(=O)Nc1nc(Cl)c(Cl)nc1Cl. The summed E-state index contributed by atoms with van der Waals surface area (Å²) in [6, 6.07) is 0. The largest absolute Gasteiger partial charge is 0.444 e. The number of hydrogen-bond donors (Lipinski definition) is 1. The van der Waals surface area contributed by atoms with Gasteiger partial charge >= 0.3 is 6.09 Å². The highest BCUT2D eigenvalue weighted by molar-refractivity contribution is 6.41. The monoisotopic (exact) mass is 297 g/mol. The van der Waals surface area contributed by atoms with Crippen molar-refractivity contribution in [2.45, 2.75) is 26.4 Å². The molecule has 0 aliphatic rings. The standard InChI is InChI=1S/C9H10Cl3N3O2/c1-9(2,3)17-8(16)15-7-6(12)13-4(10)5(11)14-7/h1-3H3,(H,14,15,16). The maximum Gasteiger partial charge on any atom is 0.413 e. The molecule has 1 aromatic rings. The van der Waals surface area contributed by atoms with Crippen molar-refractivity contribution >= 4 is 46.7 Å². The zero-order valence-corrected chi connectivity index (χ0v) is 11.6. The molecule has 1 rings (SSSR count). The predicted octanol–water partition coefficient (Wildman–Crippen LogP) is 3.78. The van der Waals surface area contributed by atoms with Crippen LogP contribution in [0.5, 0.6) is 0 Å². The number of carbonyl (C=O) groups excluding carboxylic acids is 1. The lowest BCUT2D eigenvalue weighted by Crippen LogP contribution is -2.27. The van der Waals surface area contributed by atoms with E-state index in [1.54, 1.807) is 20.8 Å². The average Bonchev–Trinajstić information content (AvgIpc) is 2.11. The van der Waals surface area contributed by atoms with Crippen LogP contribution in [0.25, 0.3) is 0 Å². The molecule has 0 bridgehead atoms. The summed E-state index contributed by atoms with van der Waals surface area (Å²) in [4.78, 5) is 18.9. The highest BCUT2D eigenvalue weighted by Gasteiger charge is 2.18. The quantitative estimate of drug-likeness (QED) is 0.857. The van der Waals surface area contributed by atoms with E-state index >= 15 is 0 Å². The Bertz CT molecular complexity index is 446. The molecule has 0 atom stereocenters. The average molecular weight is 299 g/mol. The van der Waals surface area contributed by atoms with E-state index in [2.05, 4.69) is 15.3 Å². The minimum atomic E-state index is -0.702. The molecule has 0 aromatic carbocycles. The zero-order chi connectivity index (χ0) is 13.2. The van der Waals surface area contributed by atoms with Crippen LogP contribution in [0.2, 0.25) is 15.5 Å². The van der Waals surface area contributed by atoms with Gasteiger partial charge in [0.05, 0.1) is 0 Å². The van der Waals surface area contributed by atoms with Crippen LogP contribution in [0.3, 0.4) is 0 Å². The number of hydrogen-bond acceptors (Lipinski definition) is 4. The van der Waals surface area contributed by atoms with Gasteiger partial charge in [0.15, 0.2) is 21.3 Å². The summed E-state index contributed by atoms with van der Waals surface area (Å²) in [7, 11) is 0. The van der Waals surface area contributed by atoms with Gasteiger partial charge in [-0.15, -0.1) is 0 Å². The summed E-state index contributed by atoms with van der Waals surface area (Å²) in [5, 5.41) is 2.17. The van der Waals surface area contributed by atoms with Gasteiger partial charge in [-0.1, -0.05) is 34.8 Å². The molecule has 0 saturated carbocycles. The summed E-state index contributed by atoms with van der Waals surface area (Å²) < 4.78 is 5.01. The number of halogens is 3. The van der Waals surface area contributed by atoms with E-state index in [9.17, 15) is 4.79 Å². The predicted molar refractivity (Wildman–Crippen MR) is 66.9 cm³/mol. The molecule has 8 heteroatoms. The van der Waals surface area contributed by atoms with E-state index in [0.717, 1.165) is 0 Å². The molecular formula is C9H10Cl3N3O2. The molecule has 1 heterocycles. The third kappa shape index (κ3) is 4.53. The van der Waals surface area contributed by atoms with Gasteiger partial charge in [0.25, 0.3) is 0 Å². The number of nitrogens with one attached hydrogen (secondary N) is 1. The topological polar surface area (TPSA) is 64.1 Å².